The molecule has 0 aliphatic carbocycles. The fraction of sp³-hybridized carbons (Fsp3) is 0.600. The van der Waals surface area contributed by atoms with E-state index < -0.39 is 0 Å². The molecule has 0 aromatic heterocycles. The normalized spacial score (nSPS) is 14.8. The van der Waals surface area contributed by atoms with Gasteiger partial charge in [-0.2, -0.15) is 0 Å². The highest BCUT2D eigenvalue weighted by atomic mass is 16.5. The van der Waals surface area contributed by atoms with Gasteiger partial charge in [0.15, 0.2) is 0 Å². The molecule has 102 valence electrons. The van der Waals surface area contributed by atoms with Gasteiger partial charge in [-0.05, 0) is 26.0 Å². The largest absolute Gasteiger partial charge is 0.383 e. The fourth-order valence-corrected chi connectivity index (χ4v) is 2.23. The van der Waals surface area contributed by atoms with E-state index in [9.17, 15) is 0 Å². The molecule has 0 radical (unpaired) electrons. The van der Waals surface area contributed by atoms with Crippen LogP contribution in [0.1, 0.15) is 31.0 Å². The van der Waals surface area contributed by atoms with Crippen LogP contribution in [0.25, 0.3) is 0 Å². The lowest BCUT2D eigenvalue weighted by molar-refractivity contribution is 0.0986. The van der Waals surface area contributed by atoms with Crippen LogP contribution in [0, 0.1) is 6.92 Å². The lowest BCUT2D eigenvalue weighted by atomic mass is 10.0. The van der Waals surface area contributed by atoms with E-state index in [2.05, 4.69) is 49.9 Å². The van der Waals surface area contributed by atoms with Crippen LogP contribution in [-0.4, -0.2) is 37.7 Å². The number of ether oxygens (including phenoxy) is 1. The third kappa shape index (κ3) is 4.41. The summed E-state index contributed by atoms with van der Waals surface area (Å²) in [5.41, 5.74) is 8.76. The molecule has 0 fully saturated rings. The van der Waals surface area contributed by atoms with Crippen LogP contribution in [-0.2, 0) is 4.74 Å². The first-order chi connectivity index (χ1) is 8.58. The van der Waals surface area contributed by atoms with Gasteiger partial charge in [0.05, 0.1) is 6.61 Å². The number of methoxy groups -OCH3 is 1. The number of rotatable bonds is 7. The number of nitrogens with zero attached hydrogens (tertiary/aromatic N) is 1. The molecule has 3 heteroatoms. The summed E-state index contributed by atoms with van der Waals surface area (Å²) in [4.78, 5) is 2.36. The number of likely N-dealkylation sites (N-methyl/N-ethyl adjacent to an activating group) is 1. The zero-order valence-corrected chi connectivity index (χ0v) is 12.0. The van der Waals surface area contributed by atoms with Crippen molar-refractivity contribution in [2.45, 2.75) is 32.9 Å². The molecule has 1 aromatic rings. The molecular formula is C15H26N2O. The van der Waals surface area contributed by atoms with Crippen LogP contribution >= 0.6 is 0 Å². The molecular weight excluding hydrogens is 224 g/mol. The Morgan fingerprint density at radius 3 is 2.67 bits per heavy atom. The second-order valence-electron chi connectivity index (χ2n) is 4.91. The summed E-state index contributed by atoms with van der Waals surface area (Å²) in [5.74, 6) is 0. The minimum absolute atomic E-state index is 0.0594. The van der Waals surface area contributed by atoms with E-state index in [0.29, 0.717) is 6.04 Å². The van der Waals surface area contributed by atoms with Crippen molar-refractivity contribution in [2.24, 2.45) is 5.73 Å². The van der Waals surface area contributed by atoms with Gasteiger partial charge >= 0.3 is 0 Å². The van der Waals surface area contributed by atoms with E-state index in [1.807, 2.05) is 0 Å². The van der Waals surface area contributed by atoms with Crippen molar-refractivity contribution in [3.05, 3.63) is 35.4 Å². The summed E-state index contributed by atoms with van der Waals surface area (Å²) >= 11 is 0. The van der Waals surface area contributed by atoms with E-state index in [1.54, 1.807) is 7.11 Å². The Morgan fingerprint density at radius 2 is 2.11 bits per heavy atom. The minimum atomic E-state index is 0.0594. The van der Waals surface area contributed by atoms with E-state index in [-0.39, 0.29) is 6.04 Å². The van der Waals surface area contributed by atoms with Crippen LogP contribution in [0.5, 0.6) is 0 Å². The molecule has 3 nitrogen and oxygen atoms in total. The number of benzene rings is 1. The second kappa shape index (κ2) is 7.52. The molecule has 0 aliphatic rings. The predicted molar refractivity (Wildman–Crippen MR) is 76.7 cm³/mol. The van der Waals surface area contributed by atoms with Crippen molar-refractivity contribution in [3.8, 4) is 0 Å². The molecule has 0 spiro atoms. The molecule has 1 aromatic carbocycles. The first kappa shape index (κ1) is 15.2. The van der Waals surface area contributed by atoms with Crippen LogP contribution < -0.4 is 5.73 Å². The van der Waals surface area contributed by atoms with Gasteiger partial charge in [0.1, 0.15) is 0 Å². The third-order valence-electron chi connectivity index (χ3n) is 3.34. The highest BCUT2D eigenvalue weighted by Gasteiger charge is 2.16. The zero-order chi connectivity index (χ0) is 13.5. The van der Waals surface area contributed by atoms with Crippen LogP contribution in [0.3, 0.4) is 0 Å². The van der Waals surface area contributed by atoms with Gasteiger partial charge in [0, 0.05) is 25.7 Å². The summed E-state index contributed by atoms with van der Waals surface area (Å²) in [6, 6.07) is 8.90. The maximum absolute atomic E-state index is 6.29. The van der Waals surface area contributed by atoms with Gasteiger partial charge in [-0.1, -0.05) is 36.8 Å². The highest BCUT2D eigenvalue weighted by molar-refractivity contribution is 5.25. The van der Waals surface area contributed by atoms with Gasteiger partial charge in [-0.15, -0.1) is 0 Å². The Labute approximate surface area is 111 Å². The Kier molecular flexibility index (Phi) is 6.33. The van der Waals surface area contributed by atoms with Gasteiger partial charge in [-0.3, -0.25) is 4.90 Å². The SMILES string of the molecule is CCN(CC(N)c1cccc(C)c1)C(C)COC. The van der Waals surface area contributed by atoms with Crippen molar-refractivity contribution in [2.75, 3.05) is 26.8 Å². The maximum atomic E-state index is 6.29. The standard InChI is InChI=1S/C15H26N2O/c1-5-17(13(3)11-18-4)10-15(16)14-8-6-7-12(2)9-14/h6-9,13,15H,5,10-11,16H2,1-4H3. The molecule has 2 N–H and O–H groups in total. The van der Waals surface area contributed by atoms with Crippen molar-refractivity contribution < 1.29 is 4.74 Å². The average Bonchev–Trinajstić information content (AvgIpc) is 2.35. The molecule has 1 rings (SSSR count). The third-order valence-corrected chi connectivity index (χ3v) is 3.34. The van der Waals surface area contributed by atoms with Gasteiger partial charge in [0.2, 0.25) is 0 Å². The van der Waals surface area contributed by atoms with E-state index >= 15 is 0 Å². The number of aryl methyl sites for hydroxylation is 1. The van der Waals surface area contributed by atoms with E-state index in [4.69, 9.17) is 10.5 Å². The van der Waals surface area contributed by atoms with Crippen molar-refractivity contribution in [1.29, 1.82) is 0 Å². The molecule has 0 heterocycles. The Hall–Kier alpha value is -0.900. The number of nitrogens with two attached hydrogens (primary N) is 1. The lowest BCUT2D eigenvalue weighted by Crippen LogP contribution is -2.40. The number of hydrogen-bond donors (Lipinski definition) is 1. The van der Waals surface area contributed by atoms with Crippen LogP contribution in [0.4, 0.5) is 0 Å². The molecule has 2 atom stereocenters. The number of hydrogen-bond acceptors (Lipinski definition) is 3. The summed E-state index contributed by atoms with van der Waals surface area (Å²) < 4.78 is 5.21. The first-order valence-electron chi connectivity index (χ1n) is 6.63. The second-order valence-corrected chi connectivity index (χ2v) is 4.91. The maximum Gasteiger partial charge on any atom is 0.0615 e. The molecule has 0 bridgehead atoms. The van der Waals surface area contributed by atoms with Crippen molar-refractivity contribution in [1.82, 2.24) is 4.90 Å². The van der Waals surface area contributed by atoms with E-state index in [1.165, 1.54) is 11.1 Å². The summed E-state index contributed by atoms with van der Waals surface area (Å²) in [6.45, 7) is 9.04. The monoisotopic (exact) mass is 250 g/mol. The van der Waals surface area contributed by atoms with Crippen molar-refractivity contribution in [3.63, 3.8) is 0 Å². The minimum Gasteiger partial charge on any atom is -0.383 e. The molecule has 18 heavy (non-hydrogen) atoms. The summed E-state index contributed by atoms with van der Waals surface area (Å²) in [5, 5.41) is 0. The van der Waals surface area contributed by atoms with Gasteiger partial charge < -0.3 is 10.5 Å². The fourth-order valence-electron chi connectivity index (χ4n) is 2.23. The lowest BCUT2D eigenvalue weighted by Gasteiger charge is -2.30. The molecule has 0 saturated carbocycles. The Bertz CT molecular complexity index is 354. The molecule has 2 unspecified atom stereocenters. The first-order valence-corrected chi connectivity index (χ1v) is 6.63. The highest BCUT2D eigenvalue weighted by Crippen LogP contribution is 2.14. The predicted octanol–water partition coefficient (Wildman–Crippen LogP) is 2.35. The zero-order valence-electron chi connectivity index (χ0n) is 12.0. The molecule has 0 aliphatic heterocycles. The molecule has 0 amide bonds. The topological polar surface area (TPSA) is 38.5 Å². The average molecular weight is 250 g/mol. The summed E-state index contributed by atoms with van der Waals surface area (Å²) in [7, 11) is 1.74. The van der Waals surface area contributed by atoms with Gasteiger partial charge in [0.25, 0.3) is 0 Å². The van der Waals surface area contributed by atoms with Gasteiger partial charge in [-0.25, -0.2) is 0 Å². The smallest absolute Gasteiger partial charge is 0.0615 e. The van der Waals surface area contributed by atoms with Crippen molar-refractivity contribution >= 4 is 0 Å². The van der Waals surface area contributed by atoms with E-state index in [0.717, 1.165) is 19.7 Å². The van der Waals surface area contributed by atoms with Crippen LogP contribution in [0.15, 0.2) is 24.3 Å². The Morgan fingerprint density at radius 1 is 1.39 bits per heavy atom. The molecule has 0 saturated heterocycles. The summed E-state index contributed by atoms with van der Waals surface area (Å²) in [6.07, 6.45) is 0. The Balaban J connectivity index is 2.64. The quantitative estimate of drug-likeness (QED) is 0.807. The van der Waals surface area contributed by atoms with Crippen LogP contribution in [0.2, 0.25) is 0 Å².